The fourth-order valence-electron chi connectivity index (χ4n) is 1.87. The average molecular weight is 310 g/mol. The number of hydrogen-bond donors (Lipinski definition) is 3. The molecular weight excluding hydrogens is 296 g/mol. The van der Waals surface area contributed by atoms with Crippen LogP contribution in [0.1, 0.15) is 5.56 Å². The Labute approximate surface area is 125 Å². The number of thioether (sulfide) groups is 1. The van der Waals surface area contributed by atoms with Crippen LogP contribution in [0.3, 0.4) is 0 Å². The number of rotatable bonds is 5. The zero-order valence-corrected chi connectivity index (χ0v) is 12.0. The summed E-state index contributed by atoms with van der Waals surface area (Å²) in [6, 6.07) is 7.54. The maximum Gasteiger partial charge on any atom is 0.346 e. The number of aliphatic hydroxyl groups is 1. The van der Waals surface area contributed by atoms with E-state index in [1.54, 1.807) is 36.6 Å². The summed E-state index contributed by atoms with van der Waals surface area (Å²) < 4.78 is 4.92. The molecule has 1 aliphatic heterocycles. The Morgan fingerprint density at radius 2 is 2.05 bits per heavy atom. The van der Waals surface area contributed by atoms with Gasteiger partial charge in [-0.25, -0.2) is 9.59 Å². The summed E-state index contributed by atoms with van der Waals surface area (Å²) in [4.78, 5) is 34.6. The van der Waals surface area contributed by atoms with Gasteiger partial charge in [-0.1, -0.05) is 30.3 Å². The van der Waals surface area contributed by atoms with Gasteiger partial charge in [0, 0.05) is 5.75 Å². The van der Waals surface area contributed by atoms with Crippen LogP contribution in [0.5, 0.6) is 0 Å². The molecule has 1 aromatic carbocycles. The molecule has 2 rings (SSSR count). The average Bonchev–Trinajstić information content (AvgIpc) is 2.78. The molecule has 0 spiro atoms. The van der Waals surface area contributed by atoms with Gasteiger partial charge in [-0.3, -0.25) is 15.4 Å². The predicted molar refractivity (Wildman–Crippen MR) is 75.3 cm³/mol. The molecule has 7 nitrogen and oxygen atoms in total. The summed E-state index contributed by atoms with van der Waals surface area (Å²) in [7, 11) is 0. The van der Waals surface area contributed by atoms with E-state index in [0.29, 0.717) is 5.56 Å². The first-order valence-corrected chi connectivity index (χ1v) is 7.46. The van der Waals surface area contributed by atoms with Gasteiger partial charge in [0.05, 0.1) is 0 Å². The number of amides is 3. The fourth-order valence-corrected chi connectivity index (χ4v) is 2.57. The molecule has 1 heterocycles. The van der Waals surface area contributed by atoms with Crippen LogP contribution in [0.4, 0.5) is 4.79 Å². The highest BCUT2D eigenvalue weighted by Gasteiger charge is 2.43. The van der Waals surface area contributed by atoms with E-state index < -0.39 is 29.7 Å². The Morgan fingerprint density at radius 3 is 2.57 bits per heavy atom. The number of benzene rings is 1. The van der Waals surface area contributed by atoms with Crippen molar-refractivity contribution in [1.82, 2.24) is 10.6 Å². The molecule has 0 saturated carbocycles. The molecule has 0 radical (unpaired) electrons. The van der Waals surface area contributed by atoms with E-state index in [1.165, 1.54) is 11.8 Å². The Bertz CT molecular complexity index is 565. The van der Waals surface area contributed by atoms with Gasteiger partial charge in [0.25, 0.3) is 12.1 Å². The Morgan fingerprint density at radius 1 is 1.38 bits per heavy atom. The molecular formula is C13H14N2O5S. The minimum Gasteiger partial charge on any atom is -0.429 e. The lowest BCUT2D eigenvalue weighted by atomic mass is 9.96. The first-order chi connectivity index (χ1) is 9.97. The third-order valence-corrected chi connectivity index (χ3v) is 3.61. The summed E-state index contributed by atoms with van der Waals surface area (Å²) in [5.74, 6) is -1.71. The van der Waals surface area contributed by atoms with Crippen LogP contribution >= 0.6 is 11.8 Å². The fraction of sp³-hybridized carbons (Fsp3) is 0.308. The van der Waals surface area contributed by atoms with Crippen molar-refractivity contribution >= 4 is 29.7 Å². The van der Waals surface area contributed by atoms with Gasteiger partial charge in [-0.2, -0.15) is 11.8 Å². The number of carbonyl (C=O) groups excluding carboxylic acids is 3. The SMILES string of the molecule is CSC[C@](O)(C(=O)OC1NC(=O)NC1=O)c1ccccc1. The largest absolute Gasteiger partial charge is 0.429 e. The van der Waals surface area contributed by atoms with E-state index in [4.69, 9.17) is 4.74 Å². The molecule has 1 aromatic rings. The molecule has 1 unspecified atom stereocenters. The lowest BCUT2D eigenvalue weighted by Crippen LogP contribution is -2.45. The van der Waals surface area contributed by atoms with E-state index in [-0.39, 0.29) is 5.75 Å². The predicted octanol–water partition coefficient (Wildman–Crippen LogP) is -0.0541. The molecule has 21 heavy (non-hydrogen) atoms. The molecule has 0 bridgehead atoms. The Balaban J connectivity index is 2.20. The Hall–Kier alpha value is -2.06. The topological polar surface area (TPSA) is 105 Å². The zero-order chi connectivity index (χ0) is 15.5. The van der Waals surface area contributed by atoms with Crippen LogP contribution in [0.25, 0.3) is 0 Å². The molecule has 1 saturated heterocycles. The highest BCUT2D eigenvalue weighted by atomic mass is 32.2. The van der Waals surface area contributed by atoms with Gasteiger partial charge in [-0.05, 0) is 11.8 Å². The van der Waals surface area contributed by atoms with Gasteiger partial charge in [0.2, 0.25) is 0 Å². The van der Waals surface area contributed by atoms with Gasteiger partial charge >= 0.3 is 12.0 Å². The molecule has 1 aliphatic rings. The van der Waals surface area contributed by atoms with Gasteiger partial charge in [0.15, 0.2) is 5.60 Å². The molecule has 8 heteroatoms. The zero-order valence-electron chi connectivity index (χ0n) is 11.2. The van der Waals surface area contributed by atoms with Crippen molar-refractivity contribution in [3.63, 3.8) is 0 Å². The quantitative estimate of drug-likeness (QED) is 0.520. The Kier molecular flexibility index (Phi) is 4.49. The van der Waals surface area contributed by atoms with Crippen LogP contribution in [0.2, 0.25) is 0 Å². The minimum atomic E-state index is -1.89. The van der Waals surface area contributed by atoms with Crippen molar-refractivity contribution in [2.24, 2.45) is 0 Å². The van der Waals surface area contributed by atoms with Gasteiger partial charge in [-0.15, -0.1) is 0 Å². The van der Waals surface area contributed by atoms with Crippen LogP contribution in [0, 0.1) is 0 Å². The van der Waals surface area contributed by atoms with E-state index in [9.17, 15) is 19.5 Å². The standard InChI is InChI=1S/C13H14N2O5S/c1-21-7-13(19,8-5-3-2-4-6-8)11(17)20-10-9(16)14-12(18)15-10/h2-6,10,19H,7H2,1H3,(H2,14,15,16,18)/t10?,13-/m1/s1. The minimum absolute atomic E-state index is 0.0537. The first-order valence-electron chi connectivity index (χ1n) is 6.06. The van der Waals surface area contributed by atoms with Crippen LogP contribution < -0.4 is 10.6 Å². The van der Waals surface area contributed by atoms with E-state index >= 15 is 0 Å². The highest BCUT2D eigenvalue weighted by molar-refractivity contribution is 7.98. The molecule has 1 fully saturated rings. The summed E-state index contributed by atoms with van der Waals surface area (Å²) in [5, 5.41) is 14.7. The second-order valence-electron chi connectivity index (χ2n) is 4.41. The summed E-state index contributed by atoms with van der Waals surface area (Å²) in [5.41, 5.74) is -1.54. The number of imide groups is 1. The molecule has 3 N–H and O–H groups in total. The number of urea groups is 1. The van der Waals surface area contributed by atoms with Crippen LogP contribution in [-0.2, 0) is 19.9 Å². The molecule has 2 atom stereocenters. The molecule has 0 aromatic heterocycles. The van der Waals surface area contributed by atoms with Crippen LogP contribution in [-0.4, -0.2) is 41.3 Å². The van der Waals surface area contributed by atoms with Crippen molar-refractivity contribution in [2.75, 3.05) is 12.0 Å². The lowest BCUT2D eigenvalue weighted by Gasteiger charge is -2.26. The number of nitrogens with one attached hydrogen (secondary N) is 2. The molecule has 112 valence electrons. The maximum atomic E-state index is 12.2. The summed E-state index contributed by atoms with van der Waals surface area (Å²) >= 11 is 1.25. The number of hydrogen-bond acceptors (Lipinski definition) is 6. The molecule has 3 amide bonds. The van der Waals surface area contributed by atoms with Crippen molar-refractivity contribution < 1.29 is 24.2 Å². The van der Waals surface area contributed by atoms with Crippen molar-refractivity contribution in [3.8, 4) is 0 Å². The monoisotopic (exact) mass is 310 g/mol. The maximum absolute atomic E-state index is 12.2. The first kappa shape index (κ1) is 15.3. The third kappa shape index (κ3) is 3.17. The van der Waals surface area contributed by atoms with Crippen molar-refractivity contribution in [2.45, 2.75) is 11.8 Å². The third-order valence-electron chi connectivity index (χ3n) is 2.90. The van der Waals surface area contributed by atoms with Crippen molar-refractivity contribution in [1.29, 1.82) is 0 Å². The summed E-state index contributed by atoms with van der Waals surface area (Å²) in [6.07, 6.45) is 0.299. The number of esters is 1. The molecule has 0 aliphatic carbocycles. The second kappa shape index (κ2) is 6.15. The van der Waals surface area contributed by atoms with E-state index in [2.05, 4.69) is 5.32 Å². The van der Waals surface area contributed by atoms with E-state index in [1.807, 2.05) is 5.32 Å². The lowest BCUT2D eigenvalue weighted by molar-refractivity contribution is -0.172. The van der Waals surface area contributed by atoms with Gasteiger partial charge in [0.1, 0.15) is 0 Å². The van der Waals surface area contributed by atoms with Gasteiger partial charge < -0.3 is 9.84 Å². The van der Waals surface area contributed by atoms with E-state index in [0.717, 1.165) is 0 Å². The van der Waals surface area contributed by atoms with Crippen LogP contribution in [0.15, 0.2) is 30.3 Å². The van der Waals surface area contributed by atoms with Crippen molar-refractivity contribution in [3.05, 3.63) is 35.9 Å². The highest BCUT2D eigenvalue weighted by Crippen LogP contribution is 2.27. The number of carbonyl (C=O) groups is 3. The smallest absolute Gasteiger partial charge is 0.346 e. The normalized spacial score (nSPS) is 20.4. The summed E-state index contributed by atoms with van der Waals surface area (Å²) in [6.45, 7) is 0. The number of ether oxygens (including phenoxy) is 1. The second-order valence-corrected chi connectivity index (χ2v) is 5.27.